The van der Waals surface area contributed by atoms with E-state index in [2.05, 4.69) is 9.55 Å². The minimum absolute atomic E-state index is 0.363. The number of para-hydroxylation sites is 1. The Kier molecular flexibility index (Phi) is 6.75. The number of hydrogen-bond donors (Lipinski definition) is 1. The molecular formula is C31H29N3O3. The molecule has 6 nitrogen and oxygen atoms in total. The van der Waals surface area contributed by atoms with E-state index in [1.807, 2.05) is 84.9 Å². The van der Waals surface area contributed by atoms with Gasteiger partial charge in [0.15, 0.2) is 11.6 Å². The molecule has 186 valence electrons. The first-order valence-corrected chi connectivity index (χ1v) is 12.2. The summed E-state index contributed by atoms with van der Waals surface area (Å²) in [5.74, 6) is 1.26. The predicted octanol–water partition coefficient (Wildman–Crippen LogP) is 6.19. The van der Waals surface area contributed by atoms with Crippen LogP contribution in [0.25, 0.3) is 10.9 Å². The molecule has 0 atom stereocenters. The van der Waals surface area contributed by atoms with Crippen LogP contribution in [0.15, 0.2) is 103 Å². The van der Waals surface area contributed by atoms with E-state index in [0.29, 0.717) is 30.4 Å². The molecule has 3 aromatic carbocycles. The number of hydrogen-bond acceptors (Lipinski definition) is 4. The largest absolute Gasteiger partial charge is 0.484 e. The maximum atomic E-state index is 12.6. The highest BCUT2D eigenvalue weighted by atomic mass is 16.5. The number of aromatic nitrogens is 2. The molecule has 0 saturated carbocycles. The van der Waals surface area contributed by atoms with Crippen LogP contribution in [0.2, 0.25) is 0 Å². The summed E-state index contributed by atoms with van der Waals surface area (Å²) in [5, 5.41) is 11.3. The summed E-state index contributed by atoms with van der Waals surface area (Å²) < 4.78 is 8.54. The molecule has 5 rings (SSSR count). The summed E-state index contributed by atoms with van der Waals surface area (Å²) >= 11 is 0. The van der Waals surface area contributed by atoms with Gasteiger partial charge in [-0.1, -0.05) is 66.7 Å². The number of rotatable bonds is 9. The third-order valence-electron chi connectivity index (χ3n) is 6.38. The number of pyridine rings is 1. The molecule has 0 radical (unpaired) electrons. The van der Waals surface area contributed by atoms with Crippen LogP contribution in [0.3, 0.4) is 0 Å². The Morgan fingerprint density at radius 2 is 1.65 bits per heavy atom. The SMILES string of the molecule is CC(C)(O)c1ccc(Cn2c(N(C=O)c3cccnc3)c(OCc3ccccc3)c3ccccc32)cc1. The third-order valence-corrected chi connectivity index (χ3v) is 6.38. The molecule has 0 fully saturated rings. The van der Waals surface area contributed by atoms with Crippen molar-refractivity contribution < 1.29 is 14.6 Å². The summed E-state index contributed by atoms with van der Waals surface area (Å²) in [6.07, 6.45) is 4.14. The number of amides is 1. The molecule has 2 aromatic heterocycles. The Hall–Kier alpha value is -4.42. The molecule has 5 aromatic rings. The number of aliphatic hydroxyl groups is 1. The average Bonchev–Trinajstić information content (AvgIpc) is 3.22. The average molecular weight is 492 g/mol. The lowest BCUT2D eigenvalue weighted by molar-refractivity contribution is -0.106. The van der Waals surface area contributed by atoms with E-state index in [-0.39, 0.29) is 0 Å². The Bertz CT molecular complexity index is 1490. The first-order valence-electron chi connectivity index (χ1n) is 12.2. The quantitative estimate of drug-likeness (QED) is 0.250. The molecular weight excluding hydrogens is 462 g/mol. The monoisotopic (exact) mass is 491 g/mol. The van der Waals surface area contributed by atoms with Crippen LogP contribution in [0, 0.1) is 0 Å². The fourth-order valence-corrected chi connectivity index (χ4v) is 4.46. The molecule has 0 aliphatic rings. The molecule has 0 bridgehead atoms. The third kappa shape index (κ3) is 5.10. The van der Waals surface area contributed by atoms with Gasteiger partial charge in [0.1, 0.15) is 6.61 Å². The van der Waals surface area contributed by atoms with Gasteiger partial charge in [0.2, 0.25) is 6.41 Å². The molecule has 0 aliphatic heterocycles. The number of fused-ring (bicyclic) bond motifs is 1. The maximum absolute atomic E-state index is 12.6. The number of nitrogens with zero attached hydrogens (tertiary/aromatic N) is 3. The Morgan fingerprint density at radius 3 is 2.32 bits per heavy atom. The molecule has 0 saturated heterocycles. The zero-order valence-corrected chi connectivity index (χ0v) is 20.9. The number of anilines is 2. The lowest BCUT2D eigenvalue weighted by Gasteiger charge is -2.22. The normalized spacial score (nSPS) is 11.4. The standard InChI is InChI=1S/C31H29N3O3/c1-31(2,36)25-16-14-23(15-17-25)20-33-28-13-7-6-12-27(28)29(37-21-24-9-4-3-5-10-24)30(33)34(22-35)26-11-8-18-32-19-26/h3-19,22,36H,20-21H2,1-2H3. The fraction of sp³-hybridized carbons (Fsp3) is 0.161. The van der Waals surface area contributed by atoms with Gasteiger partial charge in [0, 0.05) is 18.1 Å². The van der Waals surface area contributed by atoms with E-state index < -0.39 is 5.60 Å². The van der Waals surface area contributed by atoms with Crippen molar-refractivity contribution in [1.82, 2.24) is 9.55 Å². The van der Waals surface area contributed by atoms with Gasteiger partial charge in [-0.05, 0) is 54.8 Å². The molecule has 0 spiro atoms. The van der Waals surface area contributed by atoms with Gasteiger partial charge in [0.25, 0.3) is 0 Å². The van der Waals surface area contributed by atoms with E-state index in [9.17, 15) is 9.90 Å². The number of carbonyl (C=O) groups excluding carboxylic acids is 1. The highest BCUT2D eigenvalue weighted by molar-refractivity contribution is 5.99. The van der Waals surface area contributed by atoms with Gasteiger partial charge in [-0.2, -0.15) is 0 Å². The van der Waals surface area contributed by atoms with Gasteiger partial charge in [0.05, 0.1) is 23.0 Å². The molecule has 6 heteroatoms. The van der Waals surface area contributed by atoms with Gasteiger partial charge in [-0.15, -0.1) is 0 Å². The maximum Gasteiger partial charge on any atom is 0.220 e. The Morgan fingerprint density at radius 1 is 0.919 bits per heavy atom. The van der Waals surface area contributed by atoms with Crippen molar-refractivity contribution in [3.63, 3.8) is 0 Å². The molecule has 0 aliphatic carbocycles. The van der Waals surface area contributed by atoms with Gasteiger partial charge < -0.3 is 14.4 Å². The minimum atomic E-state index is -0.920. The van der Waals surface area contributed by atoms with E-state index in [4.69, 9.17) is 4.74 Å². The van der Waals surface area contributed by atoms with Crippen molar-refractivity contribution in [2.45, 2.75) is 32.6 Å². The topological polar surface area (TPSA) is 67.6 Å². The summed E-state index contributed by atoms with van der Waals surface area (Å²) in [7, 11) is 0. The molecule has 0 unspecified atom stereocenters. The smallest absolute Gasteiger partial charge is 0.220 e. The number of carbonyl (C=O) groups is 1. The summed E-state index contributed by atoms with van der Waals surface area (Å²) in [4.78, 5) is 18.4. The fourth-order valence-electron chi connectivity index (χ4n) is 4.46. The summed E-state index contributed by atoms with van der Waals surface area (Å²) in [6, 6.07) is 29.5. The molecule has 2 heterocycles. The second-order valence-corrected chi connectivity index (χ2v) is 9.47. The summed E-state index contributed by atoms with van der Waals surface area (Å²) in [6.45, 7) is 4.40. The minimum Gasteiger partial charge on any atom is -0.484 e. The van der Waals surface area contributed by atoms with Crippen molar-refractivity contribution in [2.24, 2.45) is 0 Å². The van der Waals surface area contributed by atoms with E-state index in [1.165, 1.54) is 0 Å². The highest BCUT2D eigenvalue weighted by Gasteiger charge is 2.25. The van der Waals surface area contributed by atoms with Gasteiger partial charge in [-0.25, -0.2) is 0 Å². The van der Waals surface area contributed by atoms with Crippen LogP contribution in [0.4, 0.5) is 11.5 Å². The number of benzene rings is 3. The lowest BCUT2D eigenvalue weighted by atomic mass is 9.97. The zero-order valence-electron chi connectivity index (χ0n) is 20.9. The molecule has 37 heavy (non-hydrogen) atoms. The Balaban J connectivity index is 1.65. The van der Waals surface area contributed by atoms with Crippen LogP contribution in [-0.4, -0.2) is 21.1 Å². The van der Waals surface area contributed by atoms with Crippen molar-refractivity contribution in [2.75, 3.05) is 4.90 Å². The van der Waals surface area contributed by atoms with Crippen molar-refractivity contribution in [3.05, 3.63) is 120 Å². The Labute approximate surface area is 216 Å². The van der Waals surface area contributed by atoms with Crippen LogP contribution in [-0.2, 0) is 23.5 Å². The van der Waals surface area contributed by atoms with Crippen LogP contribution < -0.4 is 9.64 Å². The van der Waals surface area contributed by atoms with Crippen molar-refractivity contribution in [1.29, 1.82) is 0 Å². The van der Waals surface area contributed by atoms with E-state index >= 15 is 0 Å². The highest BCUT2D eigenvalue weighted by Crippen LogP contribution is 2.43. The van der Waals surface area contributed by atoms with E-state index in [0.717, 1.165) is 34.0 Å². The first kappa shape index (κ1) is 24.3. The van der Waals surface area contributed by atoms with Gasteiger partial charge >= 0.3 is 0 Å². The predicted molar refractivity (Wildman–Crippen MR) is 146 cm³/mol. The lowest BCUT2D eigenvalue weighted by Crippen LogP contribution is -2.20. The van der Waals surface area contributed by atoms with Crippen LogP contribution in [0.5, 0.6) is 5.75 Å². The van der Waals surface area contributed by atoms with Crippen molar-refractivity contribution in [3.8, 4) is 5.75 Å². The molecule has 1 amide bonds. The van der Waals surface area contributed by atoms with Crippen molar-refractivity contribution >= 4 is 28.8 Å². The number of ether oxygens (including phenoxy) is 1. The zero-order chi connectivity index (χ0) is 25.8. The first-order chi connectivity index (χ1) is 18.0. The molecule has 1 N–H and O–H groups in total. The van der Waals surface area contributed by atoms with Crippen LogP contribution >= 0.6 is 0 Å². The van der Waals surface area contributed by atoms with Gasteiger partial charge in [-0.3, -0.25) is 14.7 Å². The second kappa shape index (κ2) is 10.3. The summed E-state index contributed by atoms with van der Waals surface area (Å²) in [5.41, 5.74) is 3.57. The second-order valence-electron chi connectivity index (χ2n) is 9.47. The van der Waals surface area contributed by atoms with Crippen LogP contribution in [0.1, 0.15) is 30.5 Å². The van der Waals surface area contributed by atoms with E-state index in [1.54, 1.807) is 37.2 Å².